The Labute approximate surface area is 226 Å². The van der Waals surface area contributed by atoms with Gasteiger partial charge in [-0.1, -0.05) is 51.9 Å². The van der Waals surface area contributed by atoms with Gasteiger partial charge in [0.25, 0.3) is 0 Å². The van der Waals surface area contributed by atoms with Gasteiger partial charge in [0, 0.05) is 53.7 Å². The van der Waals surface area contributed by atoms with Gasteiger partial charge >= 0.3 is 14.8 Å². The smallest absolute Gasteiger partial charge is 0.762 e. The van der Waals surface area contributed by atoms with Crippen molar-refractivity contribution in [3.63, 3.8) is 0 Å². The van der Waals surface area contributed by atoms with Crippen LogP contribution in [0.25, 0.3) is 11.1 Å². The minimum absolute atomic E-state index is 0. The standard InChI is InChI=1S/C19H26N2.C5H10.BF4.BF3.FH.Fe/c1-2-11-20-12-7-18(8-13-20)19-9-14-21(15-10-19)16-17-5-3-4-6-17;1-2-4-5-3-1;2-1(3,4)5;2-1(3)4;;/h7-10,12-15,17H,2-6,11,16H2,1H3;1-5H2;;;1H;/q+2;;-1;;;/p-1. The van der Waals surface area contributed by atoms with Gasteiger partial charge in [-0.15, -0.1) is 0 Å². The van der Waals surface area contributed by atoms with Crippen molar-refractivity contribution in [3.05, 3.63) is 49.1 Å². The molecule has 0 aromatic carbocycles. The van der Waals surface area contributed by atoms with Crippen LogP contribution in [0.2, 0.25) is 0 Å². The molecule has 4 rings (SSSR count). The molecule has 212 valence electrons. The van der Waals surface area contributed by atoms with Crippen LogP contribution in [0.1, 0.15) is 71.1 Å². The number of pyridine rings is 2. The third kappa shape index (κ3) is 21.1. The molecule has 2 aliphatic rings. The minimum atomic E-state index is -6.00. The molecule has 2 fully saturated rings. The van der Waals surface area contributed by atoms with Crippen LogP contribution in [0.4, 0.5) is 30.2 Å². The van der Waals surface area contributed by atoms with Gasteiger partial charge in [-0.25, -0.2) is 9.13 Å². The van der Waals surface area contributed by atoms with E-state index in [0.717, 1.165) is 12.5 Å². The van der Waals surface area contributed by atoms with E-state index in [9.17, 15) is 30.2 Å². The summed E-state index contributed by atoms with van der Waals surface area (Å²) in [5, 5.41) is 0. The van der Waals surface area contributed by atoms with Crippen LogP contribution in [-0.4, -0.2) is 14.8 Å². The van der Waals surface area contributed by atoms with Crippen LogP contribution >= 0.6 is 0 Å². The molecule has 2 aliphatic carbocycles. The summed E-state index contributed by atoms with van der Waals surface area (Å²) in [7, 11) is -9.67. The molecule has 37 heavy (non-hydrogen) atoms. The summed E-state index contributed by atoms with van der Waals surface area (Å²) < 4.78 is 72.6. The largest absolute Gasteiger partial charge is 1.00 e. The molecule has 0 N–H and O–H groups in total. The first kappa shape index (κ1) is 37.5. The number of rotatable bonds is 5. The second kappa shape index (κ2) is 21.3. The van der Waals surface area contributed by atoms with Gasteiger partial charge in [-0.2, -0.15) is 0 Å². The number of halogens is 8. The fourth-order valence-corrected chi connectivity index (χ4v) is 4.20. The summed E-state index contributed by atoms with van der Waals surface area (Å²) in [6.07, 6.45) is 23.2. The Bertz CT molecular complexity index is 770. The van der Waals surface area contributed by atoms with Crippen molar-refractivity contribution in [1.82, 2.24) is 0 Å². The van der Waals surface area contributed by atoms with Crippen molar-refractivity contribution < 1.29 is 61.1 Å². The molecule has 13 heteroatoms. The first-order valence-electron chi connectivity index (χ1n) is 12.4. The summed E-state index contributed by atoms with van der Waals surface area (Å²) >= 11 is 0. The first-order valence-corrected chi connectivity index (χ1v) is 12.4. The van der Waals surface area contributed by atoms with Crippen LogP contribution in [0.5, 0.6) is 0 Å². The summed E-state index contributed by atoms with van der Waals surface area (Å²) in [6, 6.07) is 8.92. The third-order valence-corrected chi connectivity index (χ3v) is 5.79. The number of aryl methyl sites for hydroxylation is 1. The maximum atomic E-state index is 9.75. The molecule has 0 atom stereocenters. The molecule has 0 radical (unpaired) electrons. The van der Waals surface area contributed by atoms with Gasteiger partial charge in [-0.3, -0.25) is 12.9 Å². The van der Waals surface area contributed by atoms with Gasteiger partial charge in [-0.05, 0) is 24.0 Å². The van der Waals surface area contributed by atoms with Crippen LogP contribution < -0.4 is 13.8 Å². The molecule has 2 heterocycles. The quantitative estimate of drug-likeness (QED) is 0.276. The van der Waals surface area contributed by atoms with Crippen molar-refractivity contribution in [3.8, 4) is 11.1 Å². The molecular formula is C24H36B2F8FeN2. The summed E-state index contributed by atoms with van der Waals surface area (Å²) in [6.45, 7) is 4.49. The van der Waals surface area contributed by atoms with E-state index in [1.54, 1.807) is 0 Å². The Morgan fingerprint density at radius 2 is 1.05 bits per heavy atom. The first-order chi connectivity index (χ1) is 16.6. The van der Waals surface area contributed by atoms with Gasteiger partial charge in [0.1, 0.15) is 6.54 Å². The third-order valence-electron chi connectivity index (χ3n) is 5.79. The van der Waals surface area contributed by atoms with Gasteiger partial charge in [0.15, 0.2) is 31.3 Å². The summed E-state index contributed by atoms with van der Waals surface area (Å²) in [5.74, 6) is 0.894. The molecule has 2 aromatic rings. The second-order valence-electron chi connectivity index (χ2n) is 8.77. The Morgan fingerprint density at radius 1 is 0.730 bits per heavy atom. The van der Waals surface area contributed by atoms with Crippen LogP contribution in [-0.2, 0) is 30.2 Å². The predicted molar refractivity (Wildman–Crippen MR) is 127 cm³/mol. The maximum absolute atomic E-state index is 9.75. The van der Waals surface area contributed by atoms with Crippen LogP contribution in [0.3, 0.4) is 0 Å². The molecule has 0 bridgehead atoms. The van der Waals surface area contributed by atoms with E-state index in [1.807, 2.05) is 0 Å². The molecule has 0 spiro atoms. The Hall–Kier alpha value is -1.61. The summed E-state index contributed by atoms with van der Waals surface area (Å²) in [4.78, 5) is 0. The zero-order valence-electron chi connectivity index (χ0n) is 21.1. The second-order valence-corrected chi connectivity index (χ2v) is 8.77. The number of nitrogens with zero attached hydrogens (tertiary/aromatic N) is 2. The normalized spacial score (nSPS) is 14.4. The molecule has 2 saturated carbocycles. The Kier molecular flexibility index (Phi) is 21.6. The zero-order chi connectivity index (χ0) is 26.1. The van der Waals surface area contributed by atoms with Crippen molar-refractivity contribution >= 4 is 14.8 Å². The molecule has 2 nitrogen and oxygen atoms in total. The minimum Gasteiger partial charge on any atom is -1.00 e. The maximum Gasteiger partial charge on any atom is 0.762 e. The van der Waals surface area contributed by atoms with Crippen molar-refractivity contribution in [2.24, 2.45) is 5.92 Å². The molecule has 2 aromatic heterocycles. The van der Waals surface area contributed by atoms with E-state index in [-0.39, 0.29) is 21.8 Å². The number of aromatic nitrogens is 2. The topological polar surface area (TPSA) is 7.76 Å². The SMILES string of the molecule is C1CCCC1.CCC[n+]1ccc(-c2cc[n+](CC3CCCC3)cc2)cc1.FB(F)F.F[B-](F)(F)F.[F-].[Fe]. The fourth-order valence-electron chi connectivity index (χ4n) is 4.20. The monoisotopic (exact) mass is 582 g/mol. The fraction of sp³-hybridized carbons (Fsp3) is 0.583. The molecule has 0 saturated heterocycles. The van der Waals surface area contributed by atoms with Gasteiger partial charge in [0.2, 0.25) is 0 Å². The van der Waals surface area contributed by atoms with Crippen LogP contribution in [0.15, 0.2) is 49.1 Å². The van der Waals surface area contributed by atoms with E-state index < -0.39 is 14.8 Å². The predicted octanol–water partition coefficient (Wildman–Crippen LogP) is 4.66. The summed E-state index contributed by atoms with van der Waals surface area (Å²) in [5.41, 5.74) is 2.61. The van der Waals surface area contributed by atoms with E-state index in [4.69, 9.17) is 0 Å². The van der Waals surface area contributed by atoms with Crippen molar-refractivity contribution in [2.75, 3.05) is 0 Å². The van der Waals surface area contributed by atoms with E-state index in [0.29, 0.717) is 0 Å². The Morgan fingerprint density at radius 3 is 1.38 bits per heavy atom. The van der Waals surface area contributed by atoms with Gasteiger partial charge < -0.3 is 22.0 Å². The molecular weight excluding hydrogens is 546 g/mol. The average molecular weight is 582 g/mol. The zero-order valence-corrected chi connectivity index (χ0v) is 22.2. The van der Waals surface area contributed by atoms with Crippen molar-refractivity contribution in [1.29, 1.82) is 0 Å². The van der Waals surface area contributed by atoms with E-state index in [1.165, 1.54) is 81.9 Å². The number of hydrogen-bond acceptors (Lipinski definition) is 0. The van der Waals surface area contributed by atoms with Crippen LogP contribution in [0, 0.1) is 5.92 Å². The van der Waals surface area contributed by atoms with E-state index in [2.05, 4.69) is 65.1 Å². The number of hydrogen-bond donors (Lipinski definition) is 0. The average Bonchev–Trinajstić information content (AvgIpc) is 3.51. The molecule has 0 aliphatic heterocycles. The molecule has 0 amide bonds. The van der Waals surface area contributed by atoms with Gasteiger partial charge in [0.05, 0.1) is 0 Å². The van der Waals surface area contributed by atoms with Crippen molar-refractivity contribution in [2.45, 2.75) is 84.2 Å². The van der Waals surface area contributed by atoms with E-state index >= 15 is 0 Å². The Balaban J connectivity index is 0. The molecule has 0 unspecified atom stereocenters.